The van der Waals surface area contributed by atoms with Crippen LogP contribution in [0.15, 0.2) is 82.8 Å². The molecule has 0 amide bonds. The van der Waals surface area contributed by atoms with Crippen molar-refractivity contribution in [2.45, 2.75) is 27.9 Å². The molecule has 1 aliphatic heterocycles. The van der Waals surface area contributed by atoms with Crippen LogP contribution in [0.5, 0.6) is 5.75 Å². The molecule has 0 spiro atoms. The van der Waals surface area contributed by atoms with Crippen LogP contribution in [0.1, 0.15) is 22.8 Å². The Bertz CT molecular complexity index is 1240. The Balaban J connectivity index is 1.61. The van der Waals surface area contributed by atoms with Gasteiger partial charge in [0.25, 0.3) is 0 Å². The summed E-state index contributed by atoms with van der Waals surface area (Å²) in [5, 5.41) is -1.18. The van der Waals surface area contributed by atoms with Crippen LogP contribution in [0, 0.1) is 0 Å². The maximum absolute atomic E-state index is 13.2. The van der Waals surface area contributed by atoms with E-state index in [0.29, 0.717) is 18.8 Å². The molecule has 3 aromatic rings. The molecule has 1 aromatic heterocycles. The van der Waals surface area contributed by atoms with Gasteiger partial charge in [-0.15, -0.1) is 0 Å². The second-order valence-electron chi connectivity index (χ2n) is 7.10. The summed E-state index contributed by atoms with van der Waals surface area (Å²) >= 11 is 0. The molecule has 8 heteroatoms. The molecule has 0 N–H and O–H groups in total. The van der Waals surface area contributed by atoms with Gasteiger partial charge in [-0.25, -0.2) is 16.8 Å². The molecule has 0 fully saturated rings. The van der Waals surface area contributed by atoms with Gasteiger partial charge in [0, 0.05) is 18.0 Å². The fourth-order valence-electron chi connectivity index (χ4n) is 3.64. The van der Waals surface area contributed by atoms with Crippen molar-refractivity contribution in [1.29, 1.82) is 0 Å². The number of sulfone groups is 2. The van der Waals surface area contributed by atoms with Crippen LogP contribution in [0.3, 0.4) is 0 Å². The van der Waals surface area contributed by atoms with Crippen LogP contribution in [-0.4, -0.2) is 34.2 Å². The smallest absolute Gasteiger partial charge is 0.186 e. The molecule has 1 aliphatic rings. The van der Waals surface area contributed by atoms with Crippen LogP contribution in [0.2, 0.25) is 0 Å². The van der Waals surface area contributed by atoms with E-state index in [1.807, 2.05) is 12.1 Å². The first-order valence-corrected chi connectivity index (χ1v) is 12.8. The largest absolute Gasteiger partial charge is 0.493 e. The third-order valence-corrected chi connectivity index (χ3v) is 9.21. The zero-order chi connectivity index (χ0) is 21.2. The number of aromatic nitrogens is 1. The fraction of sp³-hybridized carbons (Fsp3) is 0.227. The van der Waals surface area contributed by atoms with Crippen LogP contribution in [0.4, 0.5) is 0 Å². The highest BCUT2D eigenvalue weighted by Crippen LogP contribution is 2.45. The van der Waals surface area contributed by atoms with Gasteiger partial charge in [0.2, 0.25) is 0 Å². The number of rotatable bonds is 7. The van der Waals surface area contributed by atoms with Gasteiger partial charge in [0.05, 0.1) is 22.2 Å². The first-order chi connectivity index (χ1) is 14.4. The number of ether oxygens (including phenoxy) is 1. The highest BCUT2D eigenvalue weighted by atomic mass is 32.2. The molecule has 2 aromatic carbocycles. The molecule has 2 heterocycles. The molecule has 0 saturated heterocycles. The summed E-state index contributed by atoms with van der Waals surface area (Å²) in [4.78, 5) is 4.13. The van der Waals surface area contributed by atoms with Crippen molar-refractivity contribution in [3.05, 3.63) is 84.2 Å². The van der Waals surface area contributed by atoms with E-state index in [9.17, 15) is 16.8 Å². The molecule has 1 atom stereocenters. The van der Waals surface area contributed by atoms with Gasteiger partial charge >= 0.3 is 0 Å². The molecule has 4 rings (SSSR count). The number of hydrogen-bond donors (Lipinski definition) is 0. The van der Waals surface area contributed by atoms with Gasteiger partial charge in [-0.3, -0.25) is 4.98 Å². The summed E-state index contributed by atoms with van der Waals surface area (Å²) in [5.74, 6) is -0.162. The first kappa shape index (κ1) is 20.6. The molecule has 0 bridgehead atoms. The fourth-order valence-corrected chi connectivity index (χ4v) is 7.99. The quantitative estimate of drug-likeness (QED) is 0.520. The summed E-state index contributed by atoms with van der Waals surface area (Å²) in [6, 6.07) is 16.5. The molecular weight excluding hydrogens is 422 g/mol. The van der Waals surface area contributed by atoms with Crippen molar-refractivity contribution < 1.29 is 21.6 Å². The van der Waals surface area contributed by atoms with E-state index < -0.39 is 30.7 Å². The highest BCUT2D eigenvalue weighted by Gasteiger charge is 2.45. The standard InChI is InChI=1S/C22H21NO5S2/c24-29(25)16-21(30(26,27)18-7-2-1-3-8-18)22-19(9-4-10-20(22)29)28-15-5-6-17-11-13-23-14-12-17/h1-4,7-14,21H,5-6,15-16H2. The number of hydrogen-bond acceptors (Lipinski definition) is 6. The van der Waals surface area contributed by atoms with Gasteiger partial charge in [0.15, 0.2) is 19.7 Å². The van der Waals surface area contributed by atoms with Crippen LogP contribution >= 0.6 is 0 Å². The lowest BCUT2D eigenvalue weighted by molar-refractivity contribution is 0.307. The number of pyridine rings is 1. The third kappa shape index (κ3) is 3.97. The van der Waals surface area contributed by atoms with Crippen LogP contribution < -0.4 is 4.74 Å². The van der Waals surface area contributed by atoms with E-state index in [1.54, 1.807) is 42.7 Å². The minimum atomic E-state index is -3.89. The van der Waals surface area contributed by atoms with Crippen LogP contribution in [0.25, 0.3) is 0 Å². The third-order valence-electron chi connectivity index (χ3n) is 5.12. The first-order valence-electron chi connectivity index (χ1n) is 9.56. The second-order valence-corrected chi connectivity index (χ2v) is 11.2. The molecule has 156 valence electrons. The van der Waals surface area contributed by atoms with Gasteiger partial charge in [-0.2, -0.15) is 0 Å². The van der Waals surface area contributed by atoms with Gasteiger partial charge in [-0.05, 0) is 54.8 Å². The molecule has 0 saturated carbocycles. The van der Waals surface area contributed by atoms with Crippen molar-refractivity contribution in [3.63, 3.8) is 0 Å². The average molecular weight is 444 g/mol. The lowest BCUT2D eigenvalue weighted by atomic mass is 10.1. The van der Waals surface area contributed by atoms with E-state index in [-0.39, 0.29) is 15.4 Å². The number of fused-ring (bicyclic) bond motifs is 1. The van der Waals surface area contributed by atoms with Gasteiger partial charge in [0.1, 0.15) is 11.0 Å². The molecule has 0 radical (unpaired) electrons. The van der Waals surface area contributed by atoms with Crippen molar-refractivity contribution >= 4 is 19.7 Å². The summed E-state index contributed by atoms with van der Waals surface area (Å²) in [5.41, 5.74) is 1.37. The minimum absolute atomic E-state index is 0.0404. The topological polar surface area (TPSA) is 90.4 Å². The normalized spacial score (nSPS) is 17.4. The van der Waals surface area contributed by atoms with E-state index >= 15 is 0 Å². The van der Waals surface area contributed by atoms with Gasteiger partial charge < -0.3 is 4.74 Å². The van der Waals surface area contributed by atoms with E-state index in [4.69, 9.17) is 4.74 Å². The predicted octanol–water partition coefficient (Wildman–Crippen LogP) is 3.40. The average Bonchev–Trinajstić information content (AvgIpc) is 3.05. The summed E-state index contributed by atoms with van der Waals surface area (Å²) in [6.07, 6.45) is 4.94. The van der Waals surface area contributed by atoms with E-state index in [0.717, 1.165) is 12.0 Å². The highest BCUT2D eigenvalue weighted by molar-refractivity contribution is 7.96. The zero-order valence-electron chi connectivity index (χ0n) is 16.1. The maximum atomic E-state index is 13.2. The Morgan fingerprint density at radius 1 is 0.967 bits per heavy atom. The second kappa shape index (κ2) is 8.20. The molecule has 0 aliphatic carbocycles. The van der Waals surface area contributed by atoms with Crippen LogP contribution in [-0.2, 0) is 26.1 Å². The Morgan fingerprint density at radius 2 is 1.70 bits per heavy atom. The Morgan fingerprint density at radius 3 is 2.43 bits per heavy atom. The Hall–Kier alpha value is -2.71. The maximum Gasteiger partial charge on any atom is 0.186 e. The Labute approximate surface area is 176 Å². The summed E-state index contributed by atoms with van der Waals surface area (Å²) in [7, 11) is -7.59. The Kier molecular flexibility index (Phi) is 5.62. The SMILES string of the molecule is O=S1(=O)CC(S(=O)(=O)c2ccccc2)c2c(OCCCc3ccncc3)cccc21. The van der Waals surface area contributed by atoms with Crippen molar-refractivity contribution in [3.8, 4) is 5.75 Å². The van der Waals surface area contributed by atoms with Crippen molar-refractivity contribution in [2.24, 2.45) is 0 Å². The lowest BCUT2D eigenvalue weighted by Gasteiger charge is -2.16. The van der Waals surface area contributed by atoms with Gasteiger partial charge in [-0.1, -0.05) is 24.3 Å². The summed E-state index contributed by atoms with van der Waals surface area (Å²) < 4.78 is 57.7. The predicted molar refractivity (Wildman–Crippen MR) is 113 cm³/mol. The minimum Gasteiger partial charge on any atom is -0.493 e. The zero-order valence-corrected chi connectivity index (χ0v) is 17.8. The number of benzene rings is 2. The van der Waals surface area contributed by atoms with E-state index in [1.165, 1.54) is 18.2 Å². The van der Waals surface area contributed by atoms with Crippen molar-refractivity contribution in [2.75, 3.05) is 12.4 Å². The van der Waals surface area contributed by atoms with Crippen molar-refractivity contribution in [1.82, 2.24) is 4.98 Å². The molecule has 1 unspecified atom stereocenters. The molecule has 6 nitrogen and oxygen atoms in total. The van der Waals surface area contributed by atoms with E-state index in [2.05, 4.69) is 4.98 Å². The molecular formula is C22H21NO5S2. The number of nitrogens with zero attached hydrogens (tertiary/aromatic N) is 1. The number of aryl methyl sites for hydroxylation is 1. The monoisotopic (exact) mass is 443 g/mol. The molecule has 30 heavy (non-hydrogen) atoms. The summed E-state index contributed by atoms with van der Waals surface area (Å²) in [6.45, 7) is 0.344. The lowest BCUT2D eigenvalue weighted by Crippen LogP contribution is -2.16.